The molecule has 0 bridgehead atoms. The fourth-order valence-electron chi connectivity index (χ4n) is 1.74. The average molecular weight is 397 g/mol. The van der Waals surface area contributed by atoms with Gasteiger partial charge in [-0.25, -0.2) is 9.78 Å². The van der Waals surface area contributed by atoms with E-state index in [2.05, 4.69) is 26.2 Å². The lowest BCUT2D eigenvalue weighted by Gasteiger charge is -2.08. The first-order valence-corrected chi connectivity index (χ1v) is 8.23. The summed E-state index contributed by atoms with van der Waals surface area (Å²) in [5.74, 6) is -0.605. The maximum absolute atomic E-state index is 12.0. The summed E-state index contributed by atoms with van der Waals surface area (Å²) in [5.41, 5.74) is 0.695. The van der Waals surface area contributed by atoms with Gasteiger partial charge in [-0.05, 0) is 46.3 Å². The monoisotopic (exact) mass is 396 g/mol. The number of carboxylic acids is 1. The number of amides is 1. The van der Waals surface area contributed by atoms with Gasteiger partial charge in [-0.3, -0.25) is 4.79 Å². The summed E-state index contributed by atoms with van der Waals surface area (Å²) < 4.78 is 5.84. The van der Waals surface area contributed by atoms with Gasteiger partial charge in [0.1, 0.15) is 10.8 Å². The molecule has 1 amide bonds. The van der Waals surface area contributed by atoms with Crippen LogP contribution in [0.5, 0.6) is 5.75 Å². The summed E-state index contributed by atoms with van der Waals surface area (Å²) in [6.07, 6.45) is 1.49. The maximum Gasteiger partial charge on any atom is 0.338 e. The van der Waals surface area contributed by atoms with E-state index in [1.165, 1.54) is 12.3 Å². The average Bonchev–Trinajstić information content (AvgIpc) is 2.53. The molecule has 0 atom stereocenters. The van der Waals surface area contributed by atoms with Crippen molar-refractivity contribution in [1.82, 2.24) is 4.98 Å². The van der Waals surface area contributed by atoms with E-state index in [9.17, 15) is 9.59 Å². The van der Waals surface area contributed by atoms with Crippen LogP contribution >= 0.6 is 27.7 Å². The molecular formula is C15H13BrN2O4S. The number of thioether (sulfide) groups is 1. The number of anilines is 1. The predicted molar refractivity (Wildman–Crippen MR) is 91.2 cm³/mol. The third kappa shape index (κ3) is 4.70. The van der Waals surface area contributed by atoms with Gasteiger partial charge in [-0.2, -0.15) is 0 Å². The van der Waals surface area contributed by atoms with E-state index < -0.39 is 5.97 Å². The third-order valence-electron chi connectivity index (χ3n) is 2.78. The molecule has 1 aromatic heterocycles. The summed E-state index contributed by atoms with van der Waals surface area (Å²) >= 11 is 4.42. The molecule has 0 saturated heterocycles. The molecule has 0 fully saturated rings. The lowest BCUT2D eigenvalue weighted by Crippen LogP contribution is -2.14. The first-order chi connectivity index (χ1) is 11.0. The molecular weight excluding hydrogens is 384 g/mol. The van der Waals surface area contributed by atoms with Crippen LogP contribution in [0.2, 0.25) is 0 Å². The van der Waals surface area contributed by atoms with Gasteiger partial charge in [0.15, 0.2) is 0 Å². The van der Waals surface area contributed by atoms with Crippen LogP contribution in [-0.4, -0.2) is 34.8 Å². The number of aromatic nitrogens is 1. The number of carbonyl (C=O) groups is 2. The standard InChI is InChI=1S/C15H13BrN2O4S/c1-22-12-5-4-9(7-11(12)16)18-13(19)8-23-14-10(15(20)21)3-2-6-17-14/h2-7H,8H2,1H3,(H,18,19)(H,20,21). The van der Waals surface area contributed by atoms with Crippen molar-refractivity contribution in [2.45, 2.75) is 5.03 Å². The van der Waals surface area contributed by atoms with Gasteiger partial charge >= 0.3 is 5.97 Å². The highest BCUT2D eigenvalue weighted by Crippen LogP contribution is 2.28. The Balaban J connectivity index is 1.98. The summed E-state index contributed by atoms with van der Waals surface area (Å²) in [6, 6.07) is 8.17. The van der Waals surface area contributed by atoms with E-state index in [-0.39, 0.29) is 17.2 Å². The Morgan fingerprint density at radius 1 is 1.39 bits per heavy atom. The number of nitrogens with one attached hydrogen (secondary N) is 1. The van der Waals surface area contributed by atoms with Gasteiger partial charge in [0.05, 0.1) is 22.9 Å². The second-order valence-corrected chi connectivity index (χ2v) is 6.17. The Labute approximate surface area is 145 Å². The molecule has 0 unspecified atom stereocenters. The third-order valence-corrected chi connectivity index (χ3v) is 4.40. The molecule has 0 radical (unpaired) electrons. The number of hydrogen-bond donors (Lipinski definition) is 2. The van der Waals surface area contributed by atoms with Crippen molar-refractivity contribution in [3.63, 3.8) is 0 Å². The molecule has 0 aliphatic heterocycles. The molecule has 2 aromatic rings. The number of benzene rings is 1. The fraction of sp³-hybridized carbons (Fsp3) is 0.133. The largest absolute Gasteiger partial charge is 0.496 e. The van der Waals surface area contributed by atoms with Crippen LogP contribution in [0.4, 0.5) is 5.69 Å². The van der Waals surface area contributed by atoms with E-state index >= 15 is 0 Å². The molecule has 23 heavy (non-hydrogen) atoms. The molecule has 6 nitrogen and oxygen atoms in total. The number of rotatable bonds is 6. The summed E-state index contributed by atoms with van der Waals surface area (Å²) in [6.45, 7) is 0. The van der Waals surface area contributed by atoms with Gasteiger partial charge in [0, 0.05) is 11.9 Å². The molecule has 2 rings (SSSR count). The van der Waals surface area contributed by atoms with E-state index in [0.29, 0.717) is 16.5 Å². The van der Waals surface area contributed by atoms with Crippen LogP contribution in [-0.2, 0) is 4.79 Å². The normalized spacial score (nSPS) is 10.2. The van der Waals surface area contributed by atoms with Gasteiger partial charge in [0.25, 0.3) is 0 Å². The topological polar surface area (TPSA) is 88.5 Å². The van der Waals surface area contributed by atoms with E-state index in [4.69, 9.17) is 9.84 Å². The Bertz CT molecular complexity index is 739. The SMILES string of the molecule is COc1ccc(NC(=O)CSc2ncccc2C(=O)O)cc1Br. The molecule has 0 aliphatic carbocycles. The first-order valence-electron chi connectivity index (χ1n) is 6.45. The molecule has 2 N–H and O–H groups in total. The molecule has 0 aliphatic rings. The van der Waals surface area contributed by atoms with Gasteiger partial charge in [-0.15, -0.1) is 0 Å². The lowest BCUT2D eigenvalue weighted by atomic mass is 10.3. The van der Waals surface area contributed by atoms with Crippen molar-refractivity contribution in [2.24, 2.45) is 0 Å². The van der Waals surface area contributed by atoms with Crippen LogP contribution in [0.3, 0.4) is 0 Å². The van der Waals surface area contributed by atoms with Gasteiger partial charge in [0.2, 0.25) is 5.91 Å². The minimum Gasteiger partial charge on any atom is -0.496 e. The van der Waals surface area contributed by atoms with Crippen LogP contribution in [0.25, 0.3) is 0 Å². The summed E-state index contributed by atoms with van der Waals surface area (Å²) in [4.78, 5) is 27.1. The molecule has 8 heteroatoms. The van der Waals surface area contributed by atoms with Crippen molar-refractivity contribution in [3.8, 4) is 5.75 Å². The zero-order valence-corrected chi connectivity index (χ0v) is 14.5. The van der Waals surface area contributed by atoms with Crippen LogP contribution in [0, 0.1) is 0 Å². The van der Waals surface area contributed by atoms with Crippen LogP contribution < -0.4 is 10.1 Å². The van der Waals surface area contributed by atoms with E-state index in [1.54, 1.807) is 31.4 Å². The number of hydrogen-bond acceptors (Lipinski definition) is 5. The number of pyridine rings is 1. The second kappa shape index (κ2) is 7.98. The fourth-order valence-corrected chi connectivity index (χ4v) is 3.07. The minimum absolute atomic E-state index is 0.0565. The summed E-state index contributed by atoms with van der Waals surface area (Å²) in [5, 5.41) is 12.1. The molecule has 0 saturated carbocycles. The quantitative estimate of drug-likeness (QED) is 0.728. The Morgan fingerprint density at radius 3 is 2.83 bits per heavy atom. The lowest BCUT2D eigenvalue weighted by molar-refractivity contribution is -0.113. The molecule has 0 spiro atoms. The second-order valence-electron chi connectivity index (χ2n) is 4.35. The molecule has 1 aromatic carbocycles. The predicted octanol–water partition coefficient (Wildman–Crippen LogP) is 3.28. The zero-order valence-electron chi connectivity index (χ0n) is 12.1. The van der Waals surface area contributed by atoms with Crippen molar-refractivity contribution in [3.05, 3.63) is 46.6 Å². The number of nitrogens with zero attached hydrogens (tertiary/aromatic N) is 1. The molecule has 1 heterocycles. The Morgan fingerprint density at radius 2 is 2.17 bits per heavy atom. The van der Waals surface area contributed by atoms with Crippen LogP contribution in [0.15, 0.2) is 46.0 Å². The van der Waals surface area contributed by atoms with E-state index in [1.807, 2.05) is 0 Å². The van der Waals surface area contributed by atoms with Crippen molar-refractivity contribution in [2.75, 3.05) is 18.2 Å². The number of aromatic carboxylic acids is 1. The number of methoxy groups -OCH3 is 1. The Kier molecular flexibility index (Phi) is 6.00. The maximum atomic E-state index is 12.0. The number of ether oxygens (including phenoxy) is 1. The molecule has 120 valence electrons. The number of carboxylic acid groups (broad SMARTS) is 1. The van der Waals surface area contributed by atoms with Crippen molar-refractivity contribution in [1.29, 1.82) is 0 Å². The number of halogens is 1. The first kappa shape index (κ1) is 17.3. The Hall–Kier alpha value is -2.06. The minimum atomic E-state index is -1.07. The highest BCUT2D eigenvalue weighted by molar-refractivity contribution is 9.10. The van der Waals surface area contributed by atoms with Gasteiger partial charge < -0.3 is 15.2 Å². The van der Waals surface area contributed by atoms with Crippen LogP contribution in [0.1, 0.15) is 10.4 Å². The smallest absolute Gasteiger partial charge is 0.338 e. The van der Waals surface area contributed by atoms with E-state index in [0.717, 1.165) is 16.2 Å². The van der Waals surface area contributed by atoms with Crippen molar-refractivity contribution >= 4 is 45.3 Å². The van der Waals surface area contributed by atoms with Gasteiger partial charge in [-0.1, -0.05) is 11.8 Å². The highest BCUT2D eigenvalue weighted by atomic mass is 79.9. The zero-order chi connectivity index (χ0) is 16.8. The number of carbonyl (C=O) groups excluding carboxylic acids is 1. The summed E-state index contributed by atoms with van der Waals surface area (Å²) in [7, 11) is 1.56. The van der Waals surface area contributed by atoms with Crippen molar-refractivity contribution < 1.29 is 19.4 Å². The highest BCUT2D eigenvalue weighted by Gasteiger charge is 2.13.